The van der Waals surface area contributed by atoms with Gasteiger partial charge < -0.3 is 5.32 Å². The zero-order chi connectivity index (χ0) is 10.8. The summed E-state index contributed by atoms with van der Waals surface area (Å²) in [5.74, 6) is -0.256. The molecule has 0 fully saturated rings. The van der Waals surface area contributed by atoms with Crippen LogP contribution in [0.25, 0.3) is 10.9 Å². The summed E-state index contributed by atoms with van der Waals surface area (Å²) in [6, 6.07) is 7.04. The molecule has 0 amide bonds. The Morgan fingerprint density at radius 1 is 1.40 bits per heavy atom. The highest BCUT2D eigenvalue weighted by Crippen LogP contribution is 2.20. The molecule has 1 N–H and O–H groups in total. The van der Waals surface area contributed by atoms with Gasteiger partial charge in [-0.15, -0.1) is 0 Å². The van der Waals surface area contributed by atoms with Crippen LogP contribution in [-0.2, 0) is 6.54 Å². The zero-order valence-electron chi connectivity index (χ0n) is 8.84. The monoisotopic (exact) mass is 204 g/mol. The number of nitrogens with zero attached hydrogens (tertiary/aromatic N) is 1. The van der Waals surface area contributed by atoms with E-state index in [0.29, 0.717) is 5.52 Å². The maximum Gasteiger partial charge on any atom is 0.149 e. The van der Waals surface area contributed by atoms with E-state index >= 15 is 0 Å². The molecule has 2 nitrogen and oxygen atoms in total. The van der Waals surface area contributed by atoms with Crippen LogP contribution in [0.2, 0.25) is 0 Å². The number of aromatic nitrogens is 1. The number of halogens is 1. The Morgan fingerprint density at radius 2 is 2.20 bits per heavy atom. The number of hydrogen-bond acceptors (Lipinski definition) is 2. The van der Waals surface area contributed by atoms with Crippen molar-refractivity contribution in [3.05, 3.63) is 41.3 Å². The summed E-state index contributed by atoms with van der Waals surface area (Å²) >= 11 is 0. The topological polar surface area (TPSA) is 24.9 Å². The van der Waals surface area contributed by atoms with Crippen LogP contribution >= 0.6 is 0 Å². The van der Waals surface area contributed by atoms with Crippen molar-refractivity contribution in [2.24, 2.45) is 0 Å². The summed E-state index contributed by atoms with van der Waals surface area (Å²) in [4.78, 5) is 4.22. The second-order valence-electron chi connectivity index (χ2n) is 3.59. The molecule has 1 heterocycles. The second-order valence-corrected chi connectivity index (χ2v) is 3.59. The van der Waals surface area contributed by atoms with E-state index in [9.17, 15) is 4.39 Å². The molecule has 15 heavy (non-hydrogen) atoms. The highest BCUT2D eigenvalue weighted by molar-refractivity contribution is 5.82. The molecule has 0 unspecified atom stereocenters. The third kappa shape index (κ3) is 1.83. The van der Waals surface area contributed by atoms with Gasteiger partial charge in [-0.1, -0.05) is 12.1 Å². The van der Waals surface area contributed by atoms with Gasteiger partial charge in [0.25, 0.3) is 0 Å². The van der Waals surface area contributed by atoms with Crippen molar-refractivity contribution < 1.29 is 4.39 Å². The van der Waals surface area contributed by atoms with Crippen LogP contribution in [0.5, 0.6) is 0 Å². The smallest absolute Gasteiger partial charge is 0.149 e. The molecule has 0 spiro atoms. The number of nitrogens with one attached hydrogen (secondary N) is 1. The first-order valence-electron chi connectivity index (χ1n) is 4.91. The lowest BCUT2D eigenvalue weighted by atomic mass is 10.1. The predicted octanol–water partition coefficient (Wildman–Crippen LogP) is 2.40. The summed E-state index contributed by atoms with van der Waals surface area (Å²) in [6.45, 7) is 2.61. The molecule has 0 aliphatic heterocycles. The van der Waals surface area contributed by atoms with Crippen molar-refractivity contribution in [1.82, 2.24) is 10.3 Å². The van der Waals surface area contributed by atoms with Crippen LogP contribution in [0.4, 0.5) is 4.39 Å². The Kier molecular flexibility index (Phi) is 2.64. The number of para-hydroxylation sites is 1. The first-order chi connectivity index (χ1) is 7.22. The van der Waals surface area contributed by atoms with Crippen LogP contribution in [0.15, 0.2) is 24.3 Å². The summed E-state index contributed by atoms with van der Waals surface area (Å²) in [5, 5.41) is 3.96. The summed E-state index contributed by atoms with van der Waals surface area (Å²) in [7, 11) is 1.88. The average molecular weight is 204 g/mol. The van der Waals surface area contributed by atoms with E-state index in [0.717, 1.165) is 23.2 Å². The number of aryl methyl sites for hydroxylation is 1. The first-order valence-corrected chi connectivity index (χ1v) is 4.91. The molecule has 0 saturated carbocycles. The molecule has 0 radical (unpaired) electrons. The van der Waals surface area contributed by atoms with E-state index in [-0.39, 0.29) is 5.82 Å². The molecule has 78 valence electrons. The second kappa shape index (κ2) is 3.95. The van der Waals surface area contributed by atoms with E-state index in [4.69, 9.17) is 0 Å². The van der Waals surface area contributed by atoms with Gasteiger partial charge in [0.15, 0.2) is 0 Å². The van der Waals surface area contributed by atoms with E-state index < -0.39 is 0 Å². The fourth-order valence-electron chi connectivity index (χ4n) is 1.76. The molecular formula is C12H13FN2. The lowest BCUT2D eigenvalue weighted by molar-refractivity contribution is 0.636. The van der Waals surface area contributed by atoms with Crippen molar-refractivity contribution in [1.29, 1.82) is 0 Å². The van der Waals surface area contributed by atoms with Gasteiger partial charge in [0, 0.05) is 17.6 Å². The molecule has 0 aliphatic carbocycles. The van der Waals surface area contributed by atoms with Crippen molar-refractivity contribution in [2.45, 2.75) is 13.5 Å². The highest BCUT2D eigenvalue weighted by Gasteiger charge is 2.06. The summed E-state index contributed by atoms with van der Waals surface area (Å²) < 4.78 is 13.5. The van der Waals surface area contributed by atoms with Gasteiger partial charge in [0.1, 0.15) is 11.3 Å². The van der Waals surface area contributed by atoms with Gasteiger partial charge in [0.2, 0.25) is 0 Å². The molecule has 0 aliphatic rings. The van der Waals surface area contributed by atoms with E-state index in [1.54, 1.807) is 6.07 Å². The molecule has 3 heteroatoms. The number of hydrogen-bond donors (Lipinski definition) is 1. The van der Waals surface area contributed by atoms with Crippen LogP contribution in [0, 0.1) is 12.7 Å². The Morgan fingerprint density at radius 3 is 2.93 bits per heavy atom. The largest absolute Gasteiger partial charge is 0.316 e. The minimum absolute atomic E-state index is 0.256. The number of pyridine rings is 1. The van der Waals surface area contributed by atoms with Gasteiger partial charge in [0.05, 0.1) is 0 Å². The van der Waals surface area contributed by atoms with Crippen LogP contribution in [0.3, 0.4) is 0 Å². The number of rotatable bonds is 2. The zero-order valence-corrected chi connectivity index (χ0v) is 8.84. The standard InChI is InChI=1S/C12H13FN2/c1-8-6-9(7-14-2)10-4-3-5-11(13)12(10)15-8/h3-6,14H,7H2,1-2H3. The quantitative estimate of drug-likeness (QED) is 0.812. The Labute approximate surface area is 88.1 Å². The lowest BCUT2D eigenvalue weighted by Gasteiger charge is -2.07. The molecule has 1 aromatic heterocycles. The fourth-order valence-corrected chi connectivity index (χ4v) is 1.76. The molecule has 1 aromatic carbocycles. The molecule has 2 rings (SSSR count). The van der Waals surface area contributed by atoms with Gasteiger partial charge in [-0.3, -0.25) is 4.98 Å². The highest BCUT2D eigenvalue weighted by atomic mass is 19.1. The lowest BCUT2D eigenvalue weighted by Crippen LogP contribution is -2.06. The number of fused-ring (bicyclic) bond motifs is 1. The average Bonchev–Trinajstić information content (AvgIpc) is 2.20. The summed E-state index contributed by atoms with van der Waals surface area (Å²) in [6.07, 6.45) is 0. The predicted molar refractivity (Wildman–Crippen MR) is 59.2 cm³/mol. The molecular weight excluding hydrogens is 191 g/mol. The maximum atomic E-state index is 13.5. The molecule has 2 aromatic rings. The third-order valence-electron chi connectivity index (χ3n) is 2.37. The van der Waals surface area contributed by atoms with Gasteiger partial charge in [-0.25, -0.2) is 4.39 Å². The van der Waals surface area contributed by atoms with Gasteiger partial charge >= 0.3 is 0 Å². The van der Waals surface area contributed by atoms with E-state index in [1.165, 1.54) is 6.07 Å². The van der Waals surface area contributed by atoms with Crippen LogP contribution in [-0.4, -0.2) is 12.0 Å². The maximum absolute atomic E-state index is 13.5. The Balaban J connectivity index is 2.74. The third-order valence-corrected chi connectivity index (χ3v) is 2.37. The van der Waals surface area contributed by atoms with Gasteiger partial charge in [-0.05, 0) is 31.7 Å². The fraction of sp³-hybridized carbons (Fsp3) is 0.250. The number of benzene rings is 1. The molecule has 0 bridgehead atoms. The van der Waals surface area contributed by atoms with Crippen molar-refractivity contribution in [2.75, 3.05) is 7.05 Å². The molecule has 0 saturated heterocycles. The van der Waals surface area contributed by atoms with Crippen LogP contribution in [0.1, 0.15) is 11.3 Å². The van der Waals surface area contributed by atoms with Crippen molar-refractivity contribution in [3.8, 4) is 0 Å². The van der Waals surface area contributed by atoms with E-state index in [2.05, 4.69) is 10.3 Å². The van der Waals surface area contributed by atoms with Gasteiger partial charge in [-0.2, -0.15) is 0 Å². The first kappa shape index (κ1) is 10.1. The van der Waals surface area contributed by atoms with Crippen molar-refractivity contribution >= 4 is 10.9 Å². The SMILES string of the molecule is CNCc1cc(C)nc2c(F)cccc12. The Hall–Kier alpha value is -1.48. The summed E-state index contributed by atoms with van der Waals surface area (Å²) in [5.41, 5.74) is 2.39. The Bertz CT molecular complexity index is 494. The normalized spacial score (nSPS) is 10.9. The molecule has 0 atom stereocenters. The minimum atomic E-state index is -0.256. The van der Waals surface area contributed by atoms with Crippen LogP contribution < -0.4 is 5.32 Å². The van der Waals surface area contributed by atoms with E-state index in [1.807, 2.05) is 26.1 Å². The minimum Gasteiger partial charge on any atom is -0.316 e. The van der Waals surface area contributed by atoms with Crippen molar-refractivity contribution in [3.63, 3.8) is 0 Å².